The largest absolute Gasteiger partial charge is 0.293 e. The second kappa shape index (κ2) is 3.10. The Kier molecular flexibility index (Phi) is 2.07. The van der Waals surface area contributed by atoms with Gasteiger partial charge in [0.05, 0.1) is 5.75 Å². The van der Waals surface area contributed by atoms with E-state index in [4.69, 9.17) is 0 Å². The third kappa shape index (κ3) is 1.46. The highest BCUT2D eigenvalue weighted by Crippen LogP contribution is 2.27. The summed E-state index contributed by atoms with van der Waals surface area (Å²) in [5.74, 6) is -0.722. The molecule has 0 saturated heterocycles. The van der Waals surface area contributed by atoms with Crippen molar-refractivity contribution < 1.29 is 13.6 Å². The minimum Gasteiger partial charge on any atom is -0.293 e. The number of thioether (sulfide) groups is 1. The van der Waals surface area contributed by atoms with Gasteiger partial charge in [0.1, 0.15) is 11.6 Å². The molecule has 1 aromatic rings. The Morgan fingerprint density at radius 2 is 2.00 bits per heavy atom. The summed E-state index contributed by atoms with van der Waals surface area (Å²) in [6.45, 7) is 0. The number of carbonyl (C=O) groups is 1. The van der Waals surface area contributed by atoms with Gasteiger partial charge in [-0.2, -0.15) is 0 Å². The summed E-state index contributed by atoms with van der Waals surface area (Å²) in [7, 11) is 0. The summed E-state index contributed by atoms with van der Waals surface area (Å²) < 4.78 is 25.8. The molecule has 0 saturated carbocycles. The van der Waals surface area contributed by atoms with Crippen molar-refractivity contribution in [3.63, 3.8) is 0 Å². The van der Waals surface area contributed by atoms with Crippen molar-refractivity contribution in [1.29, 1.82) is 0 Å². The maximum Gasteiger partial charge on any atom is 0.173 e. The molecule has 1 aliphatic heterocycles. The van der Waals surface area contributed by atoms with Crippen molar-refractivity contribution in [3.05, 3.63) is 34.9 Å². The maximum atomic E-state index is 13.1. The molecule has 4 heteroatoms. The van der Waals surface area contributed by atoms with E-state index in [2.05, 4.69) is 0 Å². The molecule has 0 amide bonds. The number of Topliss-reactive ketones (excluding diaryl/α,β-unsaturated/α-hetero) is 1. The van der Waals surface area contributed by atoms with Gasteiger partial charge in [-0.15, -0.1) is 11.8 Å². The average Bonchev–Trinajstić information content (AvgIpc) is 2.07. The van der Waals surface area contributed by atoms with E-state index < -0.39 is 11.6 Å². The van der Waals surface area contributed by atoms with E-state index in [0.717, 1.165) is 12.1 Å². The van der Waals surface area contributed by atoms with Crippen molar-refractivity contribution >= 4 is 17.5 Å². The smallest absolute Gasteiger partial charge is 0.173 e. The lowest BCUT2D eigenvalue weighted by Gasteiger charge is -2.14. The van der Waals surface area contributed by atoms with Crippen LogP contribution >= 0.6 is 11.8 Å². The van der Waals surface area contributed by atoms with Crippen LogP contribution in [-0.2, 0) is 5.75 Å². The molecule has 0 fully saturated rings. The number of benzene rings is 1. The fourth-order valence-corrected chi connectivity index (χ4v) is 2.26. The quantitative estimate of drug-likeness (QED) is 0.639. The molecular weight excluding hydrogens is 194 g/mol. The second-order valence-corrected chi connectivity index (χ2v) is 3.82. The minimum absolute atomic E-state index is 0.190. The number of hydrogen-bond acceptors (Lipinski definition) is 2. The lowest BCUT2D eigenvalue weighted by atomic mass is 10.0. The maximum absolute atomic E-state index is 13.1. The second-order valence-electron chi connectivity index (χ2n) is 2.83. The molecule has 0 unspecified atom stereocenters. The lowest BCUT2D eigenvalue weighted by Crippen LogP contribution is -2.13. The fraction of sp³-hybridized carbons (Fsp3) is 0.222. The molecule has 1 nitrogen and oxygen atoms in total. The van der Waals surface area contributed by atoms with Gasteiger partial charge >= 0.3 is 0 Å². The average molecular weight is 200 g/mol. The van der Waals surface area contributed by atoms with Gasteiger partial charge in [0.2, 0.25) is 0 Å². The molecule has 0 atom stereocenters. The number of carbonyl (C=O) groups excluding carboxylic acids is 1. The van der Waals surface area contributed by atoms with Gasteiger partial charge in [-0.05, 0) is 6.07 Å². The Balaban J connectivity index is 2.63. The summed E-state index contributed by atoms with van der Waals surface area (Å²) in [4.78, 5) is 11.2. The molecule has 1 aliphatic rings. The first kappa shape index (κ1) is 8.69. The van der Waals surface area contributed by atoms with Crippen LogP contribution in [0.1, 0.15) is 15.9 Å². The lowest BCUT2D eigenvalue weighted by molar-refractivity contribution is 0.101. The zero-order chi connectivity index (χ0) is 9.42. The normalized spacial score (nSPS) is 15.7. The van der Waals surface area contributed by atoms with Crippen LogP contribution in [0, 0.1) is 11.6 Å². The topological polar surface area (TPSA) is 17.1 Å². The van der Waals surface area contributed by atoms with Crippen molar-refractivity contribution in [2.24, 2.45) is 0 Å². The van der Waals surface area contributed by atoms with Crippen LogP contribution in [-0.4, -0.2) is 11.5 Å². The predicted molar refractivity (Wildman–Crippen MR) is 46.9 cm³/mol. The van der Waals surface area contributed by atoms with Gasteiger partial charge < -0.3 is 0 Å². The SMILES string of the molecule is O=C1CSCc2c(F)cc(F)cc21. The molecular formula is C9H6F2OS. The van der Waals surface area contributed by atoms with E-state index in [-0.39, 0.29) is 11.3 Å². The summed E-state index contributed by atoms with van der Waals surface area (Å²) in [6, 6.07) is 1.93. The Morgan fingerprint density at radius 3 is 2.77 bits per heavy atom. The Bertz CT molecular complexity index is 376. The third-order valence-corrected chi connectivity index (χ3v) is 2.90. The van der Waals surface area contributed by atoms with Gasteiger partial charge in [0, 0.05) is 22.9 Å². The standard InChI is InChI=1S/C9H6F2OS/c10-5-1-6-7(8(11)2-5)3-13-4-9(6)12/h1-2H,3-4H2. The molecule has 0 bridgehead atoms. The van der Waals surface area contributed by atoms with Crippen LogP contribution in [0.25, 0.3) is 0 Å². The Labute approximate surface area is 78.1 Å². The zero-order valence-electron chi connectivity index (χ0n) is 6.64. The fourth-order valence-electron chi connectivity index (χ4n) is 1.32. The Morgan fingerprint density at radius 1 is 1.23 bits per heavy atom. The first-order valence-electron chi connectivity index (χ1n) is 3.77. The van der Waals surface area contributed by atoms with E-state index in [0.29, 0.717) is 17.1 Å². The molecule has 1 heterocycles. The molecule has 2 rings (SSSR count). The number of ketones is 1. The van der Waals surface area contributed by atoms with Crippen LogP contribution in [0.5, 0.6) is 0 Å². The predicted octanol–water partition coefficient (Wildman–Crippen LogP) is 2.39. The van der Waals surface area contributed by atoms with Crippen LogP contribution in [0.15, 0.2) is 12.1 Å². The minimum atomic E-state index is -0.684. The molecule has 1 aromatic carbocycles. The van der Waals surface area contributed by atoms with Crippen LogP contribution < -0.4 is 0 Å². The van der Waals surface area contributed by atoms with Crippen molar-refractivity contribution in [2.45, 2.75) is 5.75 Å². The van der Waals surface area contributed by atoms with Crippen molar-refractivity contribution in [1.82, 2.24) is 0 Å². The zero-order valence-corrected chi connectivity index (χ0v) is 7.46. The molecule has 0 spiro atoms. The van der Waals surface area contributed by atoms with E-state index in [9.17, 15) is 13.6 Å². The van der Waals surface area contributed by atoms with Crippen molar-refractivity contribution in [2.75, 3.05) is 5.75 Å². The van der Waals surface area contributed by atoms with Gasteiger partial charge in [0.15, 0.2) is 5.78 Å². The van der Waals surface area contributed by atoms with Crippen molar-refractivity contribution in [3.8, 4) is 0 Å². The Hall–Kier alpha value is -0.900. The van der Waals surface area contributed by atoms with E-state index in [1.165, 1.54) is 11.8 Å². The molecule has 0 aliphatic carbocycles. The summed E-state index contributed by atoms with van der Waals surface area (Å²) >= 11 is 1.35. The third-order valence-electron chi connectivity index (χ3n) is 1.94. The number of halogens is 2. The molecule has 0 aromatic heterocycles. The van der Waals surface area contributed by atoms with E-state index in [1.54, 1.807) is 0 Å². The van der Waals surface area contributed by atoms with Gasteiger partial charge in [-0.25, -0.2) is 8.78 Å². The summed E-state index contributed by atoms with van der Waals surface area (Å²) in [6.07, 6.45) is 0. The first-order chi connectivity index (χ1) is 6.18. The molecule has 13 heavy (non-hydrogen) atoms. The monoisotopic (exact) mass is 200 g/mol. The highest BCUT2D eigenvalue weighted by molar-refractivity contribution is 7.99. The van der Waals surface area contributed by atoms with E-state index >= 15 is 0 Å². The van der Waals surface area contributed by atoms with Crippen LogP contribution in [0.4, 0.5) is 8.78 Å². The summed E-state index contributed by atoms with van der Waals surface area (Å²) in [5.41, 5.74) is 0.541. The molecule has 0 N–H and O–H groups in total. The first-order valence-corrected chi connectivity index (χ1v) is 4.93. The summed E-state index contributed by atoms with van der Waals surface area (Å²) in [5, 5.41) is 0. The number of rotatable bonds is 0. The van der Waals surface area contributed by atoms with Gasteiger partial charge in [-0.3, -0.25) is 4.79 Å². The van der Waals surface area contributed by atoms with Crippen LogP contribution in [0.3, 0.4) is 0 Å². The van der Waals surface area contributed by atoms with Gasteiger partial charge in [-0.1, -0.05) is 0 Å². The van der Waals surface area contributed by atoms with Gasteiger partial charge in [0.25, 0.3) is 0 Å². The number of fused-ring (bicyclic) bond motifs is 1. The van der Waals surface area contributed by atoms with Crippen LogP contribution in [0.2, 0.25) is 0 Å². The molecule has 0 radical (unpaired) electrons. The number of hydrogen-bond donors (Lipinski definition) is 0. The highest BCUT2D eigenvalue weighted by atomic mass is 32.2. The highest BCUT2D eigenvalue weighted by Gasteiger charge is 2.21. The van der Waals surface area contributed by atoms with E-state index in [1.807, 2.05) is 0 Å². The molecule has 68 valence electrons.